The summed E-state index contributed by atoms with van der Waals surface area (Å²) in [4.78, 5) is 11.6. The molecule has 0 aliphatic rings. The minimum Gasteiger partial charge on any atom is -0.394 e. The maximum Gasteiger partial charge on any atom is 0.174 e. The molecule has 0 heterocycles. The highest BCUT2D eigenvalue weighted by atomic mass is 16.5. The number of Topliss-reactive ketones (excluding diaryl/α,β-unsaturated/α-hetero) is 1. The molecule has 4 heteroatoms. The molecule has 2 N–H and O–H groups in total. The van der Waals surface area contributed by atoms with E-state index in [4.69, 9.17) is 9.84 Å². The van der Waals surface area contributed by atoms with Gasteiger partial charge in [0.15, 0.2) is 11.4 Å². The summed E-state index contributed by atoms with van der Waals surface area (Å²) in [6.07, 6.45) is 0. The molecule has 0 saturated carbocycles. The summed E-state index contributed by atoms with van der Waals surface area (Å²) in [5, 5.41) is 18.1. The summed E-state index contributed by atoms with van der Waals surface area (Å²) in [5.74, 6) is -0.283. The van der Waals surface area contributed by atoms with Crippen LogP contribution in [0.4, 0.5) is 0 Å². The third-order valence-corrected chi connectivity index (χ3v) is 2.47. The molecule has 0 aliphatic heterocycles. The lowest BCUT2D eigenvalue weighted by molar-refractivity contribution is -0.152. The van der Waals surface area contributed by atoms with Crippen LogP contribution in [0.25, 0.3) is 0 Å². The van der Waals surface area contributed by atoms with Gasteiger partial charge in [0, 0.05) is 0 Å². The Morgan fingerprint density at radius 1 is 1.31 bits per heavy atom. The Bertz CT molecular complexity index is 336. The lowest BCUT2D eigenvalue weighted by atomic mass is 9.90. The van der Waals surface area contributed by atoms with Gasteiger partial charge in [0.05, 0.1) is 19.8 Å². The third kappa shape index (κ3) is 2.47. The molecule has 16 heavy (non-hydrogen) atoms. The van der Waals surface area contributed by atoms with Gasteiger partial charge in [-0.05, 0) is 12.5 Å². The highest BCUT2D eigenvalue weighted by Crippen LogP contribution is 2.26. The van der Waals surface area contributed by atoms with E-state index >= 15 is 0 Å². The van der Waals surface area contributed by atoms with E-state index in [9.17, 15) is 9.90 Å². The first-order chi connectivity index (χ1) is 7.67. The maximum atomic E-state index is 11.6. The number of aliphatic hydroxyl groups is 2. The number of ketones is 1. The fourth-order valence-corrected chi connectivity index (χ4v) is 1.56. The highest BCUT2D eigenvalue weighted by molar-refractivity contribution is 5.86. The van der Waals surface area contributed by atoms with E-state index in [0.29, 0.717) is 5.56 Å². The number of rotatable bonds is 6. The maximum absolute atomic E-state index is 11.6. The number of benzene rings is 1. The van der Waals surface area contributed by atoms with Crippen molar-refractivity contribution in [2.75, 3.05) is 19.8 Å². The van der Waals surface area contributed by atoms with Gasteiger partial charge in [-0.15, -0.1) is 0 Å². The van der Waals surface area contributed by atoms with Crippen LogP contribution in [-0.2, 0) is 15.1 Å². The molecule has 1 unspecified atom stereocenters. The molecule has 0 aromatic heterocycles. The van der Waals surface area contributed by atoms with Crippen molar-refractivity contribution in [1.29, 1.82) is 0 Å². The number of carbonyl (C=O) groups is 1. The van der Waals surface area contributed by atoms with Crippen LogP contribution in [0.1, 0.15) is 12.5 Å². The van der Waals surface area contributed by atoms with Crippen molar-refractivity contribution in [2.45, 2.75) is 12.5 Å². The Labute approximate surface area is 94.5 Å². The molecule has 1 rings (SSSR count). The predicted molar refractivity (Wildman–Crippen MR) is 58.9 cm³/mol. The van der Waals surface area contributed by atoms with Crippen LogP contribution in [-0.4, -0.2) is 35.8 Å². The van der Waals surface area contributed by atoms with E-state index < -0.39 is 12.2 Å². The molecule has 1 atom stereocenters. The van der Waals surface area contributed by atoms with Crippen molar-refractivity contribution >= 4 is 5.78 Å². The Morgan fingerprint density at radius 2 is 1.94 bits per heavy atom. The Morgan fingerprint density at radius 3 is 2.38 bits per heavy atom. The second kappa shape index (κ2) is 5.75. The van der Waals surface area contributed by atoms with Gasteiger partial charge < -0.3 is 14.9 Å². The summed E-state index contributed by atoms with van der Waals surface area (Å²) < 4.78 is 5.33. The molecule has 1 aromatic rings. The molecule has 0 radical (unpaired) electrons. The molecule has 88 valence electrons. The molecule has 0 spiro atoms. The first-order valence-electron chi connectivity index (χ1n) is 5.09. The topological polar surface area (TPSA) is 66.8 Å². The van der Waals surface area contributed by atoms with Crippen molar-refractivity contribution in [3.05, 3.63) is 35.9 Å². The van der Waals surface area contributed by atoms with E-state index in [1.165, 1.54) is 6.92 Å². The minimum absolute atomic E-state index is 0.00896. The predicted octanol–water partition coefficient (Wildman–Crippen LogP) is 0.472. The summed E-state index contributed by atoms with van der Waals surface area (Å²) in [7, 11) is 0. The number of aliphatic hydroxyl groups excluding tert-OH is 2. The van der Waals surface area contributed by atoms with Gasteiger partial charge in [0.25, 0.3) is 0 Å². The molecule has 1 aromatic carbocycles. The van der Waals surface area contributed by atoms with Crippen LogP contribution in [0.15, 0.2) is 30.3 Å². The van der Waals surface area contributed by atoms with Crippen LogP contribution >= 0.6 is 0 Å². The Kier molecular flexibility index (Phi) is 4.61. The lowest BCUT2D eigenvalue weighted by Crippen LogP contribution is -2.41. The van der Waals surface area contributed by atoms with Crippen LogP contribution < -0.4 is 0 Å². The van der Waals surface area contributed by atoms with Crippen LogP contribution in [0.2, 0.25) is 0 Å². The normalized spacial score (nSPS) is 14.4. The van der Waals surface area contributed by atoms with Crippen molar-refractivity contribution in [2.24, 2.45) is 0 Å². The molecule has 0 bridgehead atoms. The van der Waals surface area contributed by atoms with Gasteiger partial charge in [0.2, 0.25) is 0 Å². The van der Waals surface area contributed by atoms with Gasteiger partial charge in [-0.2, -0.15) is 0 Å². The zero-order chi connectivity index (χ0) is 12.0. The second-order valence-electron chi connectivity index (χ2n) is 3.48. The highest BCUT2D eigenvalue weighted by Gasteiger charge is 2.37. The average Bonchev–Trinajstić information content (AvgIpc) is 2.31. The fraction of sp³-hybridized carbons (Fsp3) is 0.417. The quantitative estimate of drug-likeness (QED) is 0.737. The number of hydrogen-bond donors (Lipinski definition) is 2. The van der Waals surface area contributed by atoms with Gasteiger partial charge in [-0.25, -0.2) is 0 Å². The molecule has 0 fully saturated rings. The van der Waals surface area contributed by atoms with Crippen molar-refractivity contribution in [3.63, 3.8) is 0 Å². The summed E-state index contributed by atoms with van der Waals surface area (Å²) in [6.45, 7) is 0.740. The number of hydrogen-bond acceptors (Lipinski definition) is 4. The van der Waals surface area contributed by atoms with Gasteiger partial charge in [0.1, 0.15) is 0 Å². The second-order valence-corrected chi connectivity index (χ2v) is 3.48. The molecule has 0 saturated heterocycles. The molecular formula is C12H16O4. The monoisotopic (exact) mass is 224 g/mol. The number of ether oxygens (including phenoxy) is 1. The largest absolute Gasteiger partial charge is 0.394 e. The molecule has 4 nitrogen and oxygen atoms in total. The zero-order valence-corrected chi connectivity index (χ0v) is 9.22. The van der Waals surface area contributed by atoms with E-state index in [2.05, 4.69) is 0 Å². The standard InChI is InChI=1S/C12H16O4/c1-10(15)12(9-14,16-8-7-13)11-5-3-2-4-6-11/h2-6,13-14H,7-9H2,1H3. The van der Waals surface area contributed by atoms with Crippen molar-refractivity contribution < 1.29 is 19.7 Å². The van der Waals surface area contributed by atoms with Crippen LogP contribution in [0.5, 0.6) is 0 Å². The summed E-state index contributed by atoms with van der Waals surface area (Å²) in [6, 6.07) is 8.79. The summed E-state index contributed by atoms with van der Waals surface area (Å²) >= 11 is 0. The van der Waals surface area contributed by atoms with Crippen molar-refractivity contribution in [3.8, 4) is 0 Å². The van der Waals surface area contributed by atoms with Gasteiger partial charge >= 0.3 is 0 Å². The van der Waals surface area contributed by atoms with E-state index in [0.717, 1.165) is 0 Å². The van der Waals surface area contributed by atoms with Gasteiger partial charge in [-0.1, -0.05) is 30.3 Å². The minimum atomic E-state index is -1.36. The molecule has 0 aliphatic carbocycles. The zero-order valence-electron chi connectivity index (χ0n) is 9.22. The number of carbonyl (C=O) groups excluding carboxylic acids is 1. The SMILES string of the molecule is CC(=O)C(CO)(OCCO)c1ccccc1. The van der Waals surface area contributed by atoms with Gasteiger partial charge in [-0.3, -0.25) is 4.79 Å². The lowest BCUT2D eigenvalue weighted by Gasteiger charge is -2.29. The average molecular weight is 224 g/mol. The van der Waals surface area contributed by atoms with Crippen molar-refractivity contribution in [1.82, 2.24) is 0 Å². The Hall–Kier alpha value is -1.23. The molecule has 0 amide bonds. The van der Waals surface area contributed by atoms with E-state index in [-0.39, 0.29) is 19.0 Å². The fourth-order valence-electron chi connectivity index (χ4n) is 1.56. The summed E-state index contributed by atoms with van der Waals surface area (Å²) in [5.41, 5.74) is -0.761. The van der Waals surface area contributed by atoms with E-state index in [1.807, 2.05) is 6.07 Å². The van der Waals surface area contributed by atoms with E-state index in [1.54, 1.807) is 24.3 Å². The first-order valence-corrected chi connectivity index (χ1v) is 5.09. The smallest absolute Gasteiger partial charge is 0.174 e. The first kappa shape index (κ1) is 12.8. The van der Waals surface area contributed by atoms with Crippen LogP contribution in [0.3, 0.4) is 0 Å². The van der Waals surface area contributed by atoms with Crippen LogP contribution in [0, 0.1) is 0 Å². The Balaban J connectivity index is 3.07. The third-order valence-electron chi connectivity index (χ3n) is 2.47. The molecular weight excluding hydrogens is 208 g/mol.